The summed E-state index contributed by atoms with van der Waals surface area (Å²) in [4.78, 5) is 0. The molecule has 0 radical (unpaired) electrons. The van der Waals surface area contributed by atoms with Crippen LogP contribution < -0.4 is 5.32 Å². The Kier molecular flexibility index (Phi) is 3.21. The van der Waals surface area contributed by atoms with Gasteiger partial charge in [-0.1, -0.05) is 6.42 Å². The van der Waals surface area contributed by atoms with Crippen LogP contribution in [0.2, 0.25) is 0 Å². The van der Waals surface area contributed by atoms with Gasteiger partial charge >= 0.3 is 0 Å². The number of phenols is 1. The third-order valence-electron chi connectivity index (χ3n) is 6.35. The van der Waals surface area contributed by atoms with E-state index in [4.69, 9.17) is 0 Å². The highest BCUT2D eigenvalue weighted by molar-refractivity contribution is 5.35. The molecule has 3 aliphatic carbocycles. The fraction of sp³-hybridized carbons (Fsp3) is 0.667. The van der Waals surface area contributed by atoms with Crippen molar-refractivity contribution >= 4 is 0 Å². The van der Waals surface area contributed by atoms with E-state index in [9.17, 15) is 9.50 Å². The number of nitrogens with one attached hydrogen (secondary N) is 1. The van der Waals surface area contributed by atoms with Gasteiger partial charge in [-0.25, -0.2) is 4.39 Å². The molecule has 0 aliphatic heterocycles. The van der Waals surface area contributed by atoms with Gasteiger partial charge in [0.2, 0.25) is 0 Å². The van der Waals surface area contributed by atoms with Crippen molar-refractivity contribution in [1.29, 1.82) is 0 Å². The maximum absolute atomic E-state index is 13.4. The van der Waals surface area contributed by atoms with Crippen LogP contribution in [0.4, 0.5) is 4.39 Å². The summed E-state index contributed by atoms with van der Waals surface area (Å²) >= 11 is 0. The second kappa shape index (κ2) is 4.98. The van der Waals surface area contributed by atoms with E-state index in [1.807, 2.05) is 6.92 Å². The third-order valence-corrected chi connectivity index (χ3v) is 6.35. The highest BCUT2D eigenvalue weighted by atomic mass is 19.1. The van der Waals surface area contributed by atoms with E-state index >= 15 is 0 Å². The van der Waals surface area contributed by atoms with Gasteiger partial charge < -0.3 is 10.4 Å². The summed E-state index contributed by atoms with van der Waals surface area (Å²) < 4.78 is 13.4. The molecule has 1 aromatic carbocycles. The first-order chi connectivity index (χ1) is 10.1. The molecule has 0 amide bonds. The number of aromatic hydroxyl groups is 1. The van der Waals surface area contributed by atoms with Crippen molar-refractivity contribution in [3.63, 3.8) is 0 Å². The Morgan fingerprint density at radius 2 is 2.00 bits per heavy atom. The lowest BCUT2D eigenvalue weighted by Gasteiger charge is -2.34. The smallest absolute Gasteiger partial charge is 0.123 e. The monoisotopic (exact) mass is 289 g/mol. The Labute approximate surface area is 125 Å². The number of rotatable bonds is 3. The summed E-state index contributed by atoms with van der Waals surface area (Å²) in [6, 6.07) is 4.78. The second-order valence-electron chi connectivity index (χ2n) is 7.35. The minimum absolute atomic E-state index is 0.00454. The van der Waals surface area contributed by atoms with E-state index in [0.29, 0.717) is 11.6 Å². The van der Waals surface area contributed by atoms with Crippen molar-refractivity contribution in [2.24, 2.45) is 23.7 Å². The Bertz CT molecular complexity index is 546. The fourth-order valence-corrected chi connectivity index (χ4v) is 5.54. The number of hydrogen-bond acceptors (Lipinski definition) is 2. The summed E-state index contributed by atoms with van der Waals surface area (Å²) in [5.41, 5.74) is 0.681. The molecule has 3 heteroatoms. The lowest BCUT2D eigenvalue weighted by Crippen LogP contribution is -2.40. The van der Waals surface area contributed by atoms with E-state index in [-0.39, 0.29) is 17.6 Å². The van der Waals surface area contributed by atoms with Gasteiger partial charge in [0, 0.05) is 17.6 Å². The molecule has 21 heavy (non-hydrogen) atoms. The molecule has 0 saturated heterocycles. The number of hydrogen-bond donors (Lipinski definition) is 2. The third kappa shape index (κ3) is 2.17. The van der Waals surface area contributed by atoms with Crippen LogP contribution in [-0.4, -0.2) is 11.1 Å². The second-order valence-corrected chi connectivity index (χ2v) is 7.35. The zero-order chi connectivity index (χ0) is 14.6. The van der Waals surface area contributed by atoms with Crippen molar-refractivity contribution in [2.75, 3.05) is 0 Å². The van der Waals surface area contributed by atoms with Crippen molar-refractivity contribution in [3.05, 3.63) is 29.6 Å². The molecule has 2 nitrogen and oxygen atoms in total. The molecule has 0 heterocycles. The standard InChI is InChI=1S/C18H24FNO/c1-10(15-9-12(19)5-6-18(15)21)20-17-8-11-7-16(17)14-4-2-3-13(11)14/h5-6,9-11,13-14,16-17,20-21H,2-4,7-8H2,1H3. The Morgan fingerprint density at radius 1 is 1.19 bits per heavy atom. The minimum Gasteiger partial charge on any atom is -0.508 e. The van der Waals surface area contributed by atoms with Gasteiger partial charge in [0.25, 0.3) is 0 Å². The average molecular weight is 289 g/mol. The summed E-state index contributed by atoms with van der Waals surface area (Å²) in [5, 5.41) is 13.6. The van der Waals surface area contributed by atoms with E-state index in [1.54, 1.807) is 0 Å². The van der Waals surface area contributed by atoms with Crippen LogP contribution in [-0.2, 0) is 0 Å². The quantitative estimate of drug-likeness (QED) is 0.881. The van der Waals surface area contributed by atoms with Crippen LogP contribution in [0, 0.1) is 29.5 Å². The van der Waals surface area contributed by atoms with E-state index in [0.717, 1.165) is 23.7 Å². The number of phenolic OH excluding ortho intramolecular Hbond substituents is 1. The van der Waals surface area contributed by atoms with Gasteiger partial charge in [0.05, 0.1) is 0 Å². The molecule has 6 atom stereocenters. The van der Waals surface area contributed by atoms with Crippen LogP contribution in [0.3, 0.4) is 0 Å². The van der Waals surface area contributed by atoms with Gasteiger partial charge in [-0.2, -0.15) is 0 Å². The average Bonchev–Trinajstić information content (AvgIpc) is 3.13. The molecule has 1 aromatic rings. The molecule has 6 unspecified atom stereocenters. The van der Waals surface area contributed by atoms with Gasteiger partial charge in [-0.3, -0.25) is 0 Å². The molecule has 2 N–H and O–H groups in total. The molecule has 0 spiro atoms. The van der Waals surface area contributed by atoms with Crippen LogP contribution in [0.5, 0.6) is 5.75 Å². The van der Waals surface area contributed by atoms with Crippen LogP contribution in [0.15, 0.2) is 18.2 Å². The SMILES string of the molecule is CC(NC1CC2CC1C1CCCC21)c1cc(F)ccc1O. The summed E-state index contributed by atoms with van der Waals surface area (Å²) in [6.07, 6.45) is 6.92. The first-order valence-electron chi connectivity index (χ1n) is 8.38. The van der Waals surface area contributed by atoms with Gasteiger partial charge in [-0.15, -0.1) is 0 Å². The molecule has 2 bridgehead atoms. The molecule has 3 fully saturated rings. The Morgan fingerprint density at radius 3 is 2.86 bits per heavy atom. The number of fused-ring (bicyclic) bond motifs is 5. The Hall–Kier alpha value is -1.09. The normalized spacial score (nSPS) is 38.7. The molecule has 0 aromatic heterocycles. The van der Waals surface area contributed by atoms with E-state index < -0.39 is 0 Å². The Balaban J connectivity index is 1.48. The predicted octanol–water partition coefficient (Wildman–Crippen LogP) is 4.01. The minimum atomic E-state index is -0.278. The van der Waals surface area contributed by atoms with Crippen molar-refractivity contribution in [1.82, 2.24) is 5.32 Å². The van der Waals surface area contributed by atoms with Gasteiger partial charge in [0.1, 0.15) is 11.6 Å². The fourth-order valence-electron chi connectivity index (χ4n) is 5.54. The predicted molar refractivity (Wildman–Crippen MR) is 80.4 cm³/mol. The number of halogens is 1. The molecular formula is C18H24FNO. The molecule has 114 valence electrons. The molecular weight excluding hydrogens is 265 g/mol. The maximum atomic E-state index is 13.4. The number of benzene rings is 1. The highest BCUT2D eigenvalue weighted by Gasteiger charge is 2.53. The van der Waals surface area contributed by atoms with Crippen LogP contribution in [0.1, 0.15) is 50.6 Å². The largest absolute Gasteiger partial charge is 0.508 e. The van der Waals surface area contributed by atoms with Gasteiger partial charge in [-0.05, 0) is 74.5 Å². The highest BCUT2D eigenvalue weighted by Crippen LogP contribution is 2.58. The maximum Gasteiger partial charge on any atom is 0.123 e. The van der Waals surface area contributed by atoms with Crippen molar-refractivity contribution < 1.29 is 9.50 Å². The molecule has 4 rings (SSSR count). The summed E-state index contributed by atoms with van der Waals surface area (Å²) in [7, 11) is 0. The zero-order valence-corrected chi connectivity index (χ0v) is 12.6. The first-order valence-corrected chi connectivity index (χ1v) is 8.38. The van der Waals surface area contributed by atoms with Gasteiger partial charge in [0.15, 0.2) is 0 Å². The van der Waals surface area contributed by atoms with Crippen LogP contribution >= 0.6 is 0 Å². The van der Waals surface area contributed by atoms with Crippen molar-refractivity contribution in [2.45, 2.75) is 51.1 Å². The lowest BCUT2D eigenvalue weighted by atomic mass is 9.79. The summed E-state index contributed by atoms with van der Waals surface area (Å²) in [6.45, 7) is 2.03. The van der Waals surface area contributed by atoms with Crippen LogP contribution in [0.25, 0.3) is 0 Å². The molecule has 3 aliphatic rings. The molecule has 3 saturated carbocycles. The topological polar surface area (TPSA) is 32.3 Å². The first kappa shape index (κ1) is 13.6. The zero-order valence-electron chi connectivity index (χ0n) is 12.6. The van der Waals surface area contributed by atoms with Crippen molar-refractivity contribution in [3.8, 4) is 5.75 Å². The summed E-state index contributed by atoms with van der Waals surface area (Å²) in [5.74, 6) is 3.55. The van der Waals surface area contributed by atoms with E-state index in [2.05, 4.69) is 5.32 Å². The lowest BCUT2D eigenvalue weighted by molar-refractivity contribution is 0.199. The van der Waals surface area contributed by atoms with E-state index in [1.165, 1.54) is 50.3 Å².